The molecule has 0 saturated heterocycles. The highest BCUT2D eigenvalue weighted by molar-refractivity contribution is 5.05. The van der Waals surface area contributed by atoms with Crippen LogP contribution >= 0.6 is 0 Å². The molecule has 0 amide bonds. The molecule has 0 spiro atoms. The van der Waals surface area contributed by atoms with Crippen LogP contribution in [-0.4, -0.2) is 41.6 Å². The fraction of sp³-hybridized carbons (Fsp3) is 0.556. The van der Waals surface area contributed by atoms with Crippen LogP contribution in [0.15, 0.2) is 15.7 Å². The maximum absolute atomic E-state index is 11.4. The molecule has 0 aliphatic rings. The minimum Gasteiger partial charge on any atom is -0.494 e. The molecule has 1 unspecified atom stereocenters. The van der Waals surface area contributed by atoms with E-state index in [1.807, 2.05) is 4.98 Å². The Kier molecular flexibility index (Phi) is 4.27. The Labute approximate surface area is 91.2 Å². The van der Waals surface area contributed by atoms with Gasteiger partial charge < -0.3 is 14.6 Å². The minimum absolute atomic E-state index is 0.103. The molecule has 1 heterocycles. The van der Waals surface area contributed by atoms with Crippen molar-refractivity contribution in [2.75, 3.05) is 20.8 Å². The maximum atomic E-state index is 11.4. The van der Waals surface area contributed by atoms with E-state index in [0.29, 0.717) is 0 Å². The Hall–Kier alpha value is -1.60. The van der Waals surface area contributed by atoms with Gasteiger partial charge in [-0.25, -0.2) is 4.79 Å². The molecule has 7 heteroatoms. The molecule has 1 rings (SSSR count). The SMILES string of the molecule is COCC(Cn1c(O)cc(=O)[nH]c1=O)OC. The predicted octanol–water partition coefficient (Wildman–Crippen LogP) is -1.10. The molecule has 90 valence electrons. The van der Waals surface area contributed by atoms with Gasteiger partial charge in [0.05, 0.1) is 25.3 Å². The Balaban J connectivity index is 2.96. The van der Waals surface area contributed by atoms with Crippen LogP contribution in [0.25, 0.3) is 0 Å². The summed E-state index contributed by atoms with van der Waals surface area (Å²) in [4.78, 5) is 24.3. The van der Waals surface area contributed by atoms with E-state index in [9.17, 15) is 14.7 Å². The first kappa shape index (κ1) is 12.5. The molecule has 1 atom stereocenters. The summed E-state index contributed by atoms with van der Waals surface area (Å²) >= 11 is 0. The molecule has 1 aromatic rings. The molecule has 0 bridgehead atoms. The van der Waals surface area contributed by atoms with Gasteiger partial charge in [-0.15, -0.1) is 0 Å². The molecule has 0 aromatic carbocycles. The van der Waals surface area contributed by atoms with Crippen molar-refractivity contribution in [2.45, 2.75) is 12.6 Å². The molecule has 16 heavy (non-hydrogen) atoms. The summed E-state index contributed by atoms with van der Waals surface area (Å²) in [5.41, 5.74) is -1.32. The number of aromatic amines is 1. The van der Waals surface area contributed by atoms with Gasteiger partial charge >= 0.3 is 5.69 Å². The Morgan fingerprint density at radius 3 is 2.69 bits per heavy atom. The summed E-state index contributed by atoms with van der Waals surface area (Å²) in [6, 6.07) is 0.931. The lowest BCUT2D eigenvalue weighted by atomic mass is 10.3. The standard InChI is InChI=1S/C9H14N2O5/c1-15-5-6(16-2)4-11-8(13)3-7(12)10-9(11)14/h3,6,13H,4-5H2,1-2H3,(H,10,12,14). The summed E-state index contributed by atoms with van der Waals surface area (Å²) < 4.78 is 10.9. The fourth-order valence-electron chi connectivity index (χ4n) is 1.27. The highest BCUT2D eigenvalue weighted by atomic mass is 16.5. The van der Waals surface area contributed by atoms with Crippen LogP contribution in [0.4, 0.5) is 0 Å². The number of aromatic nitrogens is 2. The van der Waals surface area contributed by atoms with E-state index in [0.717, 1.165) is 10.6 Å². The maximum Gasteiger partial charge on any atom is 0.331 e. The van der Waals surface area contributed by atoms with E-state index in [4.69, 9.17) is 9.47 Å². The second-order valence-electron chi connectivity index (χ2n) is 3.22. The molecular formula is C9H14N2O5. The molecule has 0 aliphatic heterocycles. The lowest BCUT2D eigenvalue weighted by Gasteiger charge is -2.16. The van der Waals surface area contributed by atoms with Gasteiger partial charge in [-0.3, -0.25) is 14.3 Å². The fourth-order valence-corrected chi connectivity index (χ4v) is 1.27. The number of H-pyrrole nitrogens is 1. The normalized spacial score (nSPS) is 12.6. The number of hydrogen-bond acceptors (Lipinski definition) is 5. The van der Waals surface area contributed by atoms with Crippen molar-refractivity contribution < 1.29 is 14.6 Å². The van der Waals surface area contributed by atoms with E-state index in [2.05, 4.69) is 0 Å². The highest BCUT2D eigenvalue weighted by Crippen LogP contribution is 2.03. The number of nitrogens with one attached hydrogen (secondary N) is 1. The number of methoxy groups -OCH3 is 2. The number of hydrogen-bond donors (Lipinski definition) is 2. The van der Waals surface area contributed by atoms with Gasteiger partial charge in [0, 0.05) is 14.2 Å². The first-order chi connectivity index (χ1) is 7.58. The summed E-state index contributed by atoms with van der Waals surface area (Å²) in [7, 11) is 2.97. The molecule has 7 nitrogen and oxygen atoms in total. The van der Waals surface area contributed by atoms with E-state index >= 15 is 0 Å². The van der Waals surface area contributed by atoms with Gasteiger partial charge in [0.15, 0.2) is 0 Å². The van der Waals surface area contributed by atoms with Crippen molar-refractivity contribution in [3.8, 4) is 5.88 Å². The van der Waals surface area contributed by atoms with Crippen LogP contribution < -0.4 is 11.2 Å². The van der Waals surface area contributed by atoms with Gasteiger partial charge in [0.2, 0.25) is 5.88 Å². The monoisotopic (exact) mass is 230 g/mol. The minimum atomic E-state index is -0.678. The molecule has 0 radical (unpaired) electrons. The molecular weight excluding hydrogens is 216 g/mol. The second-order valence-corrected chi connectivity index (χ2v) is 3.22. The van der Waals surface area contributed by atoms with E-state index in [1.54, 1.807) is 0 Å². The van der Waals surface area contributed by atoms with Gasteiger partial charge in [0.1, 0.15) is 0 Å². The second kappa shape index (κ2) is 5.47. The predicted molar refractivity (Wildman–Crippen MR) is 55.7 cm³/mol. The first-order valence-electron chi connectivity index (χ1n) is 4.63. The van der Waals surface area contributed by atoms with Crippen LogP contribution in [-0.2, 0) is 16.0 Å². The largest absolute Gasteiger partial charge is 0.494 e. The van der Waals surface area contributed by atoms with Gasteiger partial charge in [-0.05, 0) is 0 Å². The lowest BCUT2D eigenvalue weighted by molar-refractivity contribution is 0.0163. The Morgan fingerprint density at radius 2 is 2.19 bits per heavy atom. The van der Waals surface area contributed by atoms with Crippen molar-refractivity contribution in [3.63, 3.8) is 0 Å². The molecule has 0 aliphatic carbocycles. The zero-order chi connectivity index (χ0) is 12.1. The third kappa shape index (κ3) is 2.94. The summed E-state index contributed by atoms with van der Waals surface area (Å²) in [6.45, 7) is 0.382. The van der Waals surface area contributed by atoms with Crippen molar-refractivity contribution in [1.82, 2.24) is 9.55 Å². The van der Waals surface area contributed by atoms with E-state index < -0.39 is 17.1 Å². The van der Waals surface area contributed by atoms with Gasteiger partial charge in [-0.1, -0.05) is 0 Å². The van der Waals surface area contributed by atoms with Gasteiger partial charge in [0.25, 0.3) is 5.56 Å². The highest BCUT2D eigenvalue weighted by Gasteiger charge is 2.12. The average Bonchev–Trinajstić information content (AvgIpc) is 2.21. The Bertz CT molecular complexity index is 450. The molecule has 0 saturated carbocycles. The first-order valence-corrected chi connectivity index (χ1v) is 4.63. The lowest BCUT2D eigenvalue weighted by Crippen LogP contribution is -2.34. The third-order valence-corrected chi connectivity index (χ3v) is 2.08. The van der Waals surface area contributed by atoms with Crippen molar-refractivity contribution in [2.24, 2.45) is 0 Å². The third-order valence-electron chi connectivity index (χ3n) is 2.08. The molecule has 0 fully saturated rings. The summed E-state index contributed by atoms with van der Waals surface area (Å²) in [5.74, 6) is -0.396. The van der Waals surface area contributed by atoms with Gasteiger partial charge in [-0.2, -0.15) is 0 Å². The molecule has 1 aromatic heterocycles. The zero-order valence-corrected chi connectivity index (χ0v) is 9.10. The smallest absolute Gasteiger partial charge is 0.331 e. The summed E-state index contributed by atoms with van der Waals surface area (Å²) in [5, 5.41) is 9.43. The van der Waals surface area contributed by atoms with E-state index in [1.165, 1.54) is 14.2 Å². The number of ether oxygens (including phenoxy) is 2. The Morgan fingerprint density at radius 1 is 1.50 bits per heavy atom. The zero-order valence-electron chi connectivity index (χ0n) is 9.10. The number of rotatable bonds is 5. The number of nitrogens with zero attached hydrogens (tertiary/aromatic N) is 1. The number of aromatic hydroxyl groups is 1. The van der Waals surface area contributed by atoms with Crippen molar-refractivity contribution in [3.05, 3.63) is 26.9 Å². The van der Waals surface area contributed by atoms with Crippen LogP contribution in [0.5, 0.6) is 5.88 Å². The van der Waals surface area contributed by atoms with Crippen LogP contribution in [0.2, 0.25) is 0 Å². The summed E-state index contributed by atoms with van der Waals surface area (Å²) in [6.07, 6.45) is -0.375. The quantitative estimate of drug-likeness (QED) is 0.670. The van der Waals surface area contributed by atoms with Crippen LogP contribution in [0, 0.1) is 0 Å². The average molecular weight is 230 g/mol. The topological polar surface area (TPSA) is 93.5 Å². The van der Waals surface area contributed by atoms with E-state index in [-0.39, 0.29) is 19.3 Å². The molecule has 2 N–H and O–H groups in total. The van der Waals surface area contributed by atoms with Crippen LogP contribution in [0.3, 0.4) is 0 Å². The van der Waals surface area contributed by atoms with Crippen molar-refractivity contribution in [1.29, 1.82) is 0 Å². The van der Waals surface area contributed by atoms with Crippen LogP contribution in [0.1, 0.15) is 0 Å². The van der Waals surface area contributed by atoms with Crippen molar-refractivity contribution >= 4 is 0 Å².